The number of hydrogen-bond acceptors (Lipinski definition) is 4. The van der Waals surface area contributed by atoms with Gasteiger partial charge in [0.05, 0.1) is 0 Å². The third kappa shape index (κ3) is 3.81. The summed E-state index contributed by atoms with van der Waals surface area (Å²) < 4.78 is 5.25. The Balaban J connectivity index is 1.97. The number of rotatable bonds is 4. The number of nitrogens with zero attached hydrogens (tertiary/aromatic N) is 1. The number of hydrogen-bond donors (Lipinski definition) is 1. The lowest BCUT2D eigenvalue weighted by molar-refractivity contribution is 0.305. The molecule has 1 aromatic carbocycles. The molecule has 1 fully saturated rings. The van der Waals surface area contributed by atoms with Crippen molar-refractivity contribution in [1.82, 2.24) is 0 Å². The Kier molecular flexibility index (Phi) is 4.60. The first-order valence-electron chi connectivity index (χ1n) is 6.56. The molecule has 3 nitrogen and oxygen atoms in total. The summed E-state index contributed by atoms with van der Waals surface area (Å²) in [7, 11) is 0. The molecule has 0 aliphatic carbocycles. The molecule has 0 bridgehead atoms. The van der Waals surface area contributed by atoms with E-state index < -0.39 is 0 Å². The van der Waals surface area contributed by atoms with Crippen molar-refractivity contribution in [3.05, 3.63) is 24.3 Å². The first kappa shape index (κ1) is 14.1. The minimum absolute atomic E-state index is 0.0963. The fourth-order valence-electron chi connectivity index (χ4n) is 2.14. The molecule has 0 saturated carbocycles. The van der Waals surface area contributed by atoms with E-state index in [4.69, 9.17) is 10.00 Å². The van der Waals surface area contributed by atoms with Gasteiger partial charge in [0, 0.05) is 17.5 Å². The maximum atomic E-state index is 8.47. The van der Waals surface area contributed by atoms with Gasteiger partial charge in [0.25, 0.3) is 0 Å². The molecule has 19 heavy (non-hydrogen) atoms. The number of benzene rings is 1. The Bertz CT molecular complexity index is 450. The predicted octanol–water partition coefficient (Wildman–Crippen LogP) is 3.53. The molecule has 1 aromatic rings. The van der Waals surface area contributed by atoms with E-state index in [1.165, 1.54) is 12.2 Å². The fourth-order valence-corrected chi connectivity index (χ4v) is 3.74. The Hall–Kier alpha value is -1.34. The number of ether oxygens (including phenoxy) is 1. The second-order valence-electron chi connectivity index (χ2n) is 5.48. The monoisotopic (exact) mass is 276 g/mol. The summed E-state index contributed by atoms with van der Waals surface area (Å²) in [5.74, 6) is 3.15. The zero-order chi connectivity index (χ0) is 13.7. The zero-order valence-corrected chi connectivity index (χ0v) is 12.3. The van der Waals surface area contributed by atoms with Crippen LogP contribution in [0.25, 0.3) is 0 Å². The van der Waals surface area contributed by atoms with Gasteiger partial charge in [-0.05, 0) is 41.9 Å². The smallest absolute Gasteiger partial charge is 0.174 e. The van der Waals surface area contributed by atoms with Gasteiger partial charge in [-0.15, -0.1) is 0 Å². The van der Waals surface area contributed by atoms with Gasteiger partial charge in [0.1, 0.15) is 11.8 Å². The van der Waals surface area contributed by atoms with Gasteiger partial charge in [-0.25, -0.2) is 0 Å². The van der Waals surface area contributed by atoms with Crippen LogP contribution in [0.15, 0.2) is 24.3 Å². The number of nitrogens with one attached hydrogen (secondary N) is 1. The minimum Gasteiger partial charge on any atom is -0.479 e. The van der Waals surface area contributed by atoms with Crippen LogP contribution in [-0.2, 0) is 0 Å². The Morgan fingerprint density at radius 1 is 1.42 bits per heavy atom. The van der Waals surface area contributed by atoms with Crippen molar-refractivity contribution in [1.29, 1.82) is 5.26 Å². The van der Waals surface area contributed by atoms with E-state index in [2.05, 4.69) is 19.2 Å². The lowest BCUT2D eigenvalue weighted by Crippen LogP contribution is -2.41. The highest BCUT2D eigenvalue weighted by Gasteiger charge is 2.32. The average molecular weight is 276 g/mol. The summed E-state index contributed by atoms with van der Waals surface area (Å²) in [4.78, 5) is 0. The van der Waals surface area contributed by atoms with Crippen LogP contribution in [0, 0.1) is 16.7 Å². The number of nitriles is 1. The molecule has 1 aliphatic heterocycles. The summed E-state index contributed by atoms with van der Waals surface area (Å²) >= 11 is 2.02. The van der Waals surface area contributed by atoms with Gasteiger partial charge >= 0.3 is 0 Å². The lowest BCUT2D eigenvalue weighted by Gasteiger charge is -2.39. The van der Waals surface area contributed by atoms with E-state index in [1.54, 1.807) is 0 Å². The molecule has 1 heterocycles. The summed E-state index contributed by atoms with van der Waals surface area (Å²) in [5.41, 5.74) is 1.45. The van der Waals surface area contributed by atoms with Crippen LogP contribution in [0.3, 0.4) is 0 Å². The van der Waals surface area contributed by atoms with Gasteiger partial charge in [0.15, 0.2) is 6.61 Å². The van der Waals surface area contributed by atoms with Crippen LogP contribution in [0.1, 0.15) is 20.3 Å². The van der Waals surface area contributed by atoms with E-state index in [0.29, 0.717) is 11.5 Å². The van der Waals surface area contributed by atoms with Crippen LogP contribution < -0.4 is 10.1 Å². The van der Waals surface area contributed by atoms with Gasteiger partial charge in [-0.1, -0.05) is 13.8 Å². The highest BCUT2D eigenvalue weighted by molar-refractivity contribution is 7.99. The normalized spacial score (nSPS) is 21.4. The van der Waals surface area contributed by atoms with Gasteiger partial charge < -0.3 is 10.1 Å². The van der Waals surface area contributed by atoms with Gasteiger partial charge in [0.2, 0.25) is 0 Å². The third-order valence-corrected chi connectivity index (χ3v) is 4.68. The second kappa shape index (κ2) is 6.21. The van der Waals surface area contributed by atoms with Crippen molar-refractivity contribution in [2.75, 3.05) is 23.4 Å². The largest absolute Gasteiger partial charge is 0.479 e. The molecule has 4 heteroatoms. The molecular weight excluding hydrogens is 256 g/mol. The first-order valence-corrected chi connectivity index (χ1v) is 7.71. The number of anilines is 1. The molecule has 102 valence electrons. The Morgan fingerprint density at radius 3 is 2.79 bits per heavy atom. The van der Waals surface area contributed by atoms with E-state index in [1.807, 2.05) is 42.1 Å². The van der Waals surface area contributed by atoms with Crippen molar-refractivity contribution < 1.29 is 4.74 Å². The molecule has 0 aromatic heterocycles. The fraction of sp³-hybridized carbons (Fsp3) is 0.533. The highest BCUT2D eigenvalue weighted by atomic mass is 32.2. The molecular formula is C15H20N2OS. The molecule has 1 unspecified atom stereocenters. The van der Waals surface area contributed by atoms with E-state index >= 15 is 0 Å². The minimum atomic E-state index is 0.0963. The van der Waals surface area contributed by atoms with Crippen molar-refractivity contribution in [3.8, 4) is 11.8 Å². The van der Waals surface area contributed by atoms with E-state index in [9.17, 15) is 0 Å². The van der Waals surface area contributed by atoms with Crippen LogP contribution in [0.4, 0.5) is 5.69 Å². The highest BCUT2D eigenvalue weighted by Crippen LogP contribution is 2.36. The van der Waals surface area contributed by atoms with Crippen molar-refractivity contribution in [2.24, 2.45) is 5.41 Å². The van der Waals surface area contributed by atoms with Gasteiger partial charge in [-0.2, -0.15) is 17.0 Å². The summed E-state index contributed by atoms with van der Waals surface area (Å²) in [6.07, 6.45) is 1.25. The summed E-state index contributed by atoms with van der Waals surface area (Å²) in [5, 5.41) is 12.1. The van der Waals surface area contributed by atoms with Crippen LogP contribution >= 0.6 is 11.8 Å². The summed E-state index contributed by atoms with van der Waals surface area (Å²) in [6, 6.07) is 10.3. The van der Waals surface area contributed by atoms with Gasteiger partial charge in [-0.3, -0.25) is 0 Å². The molecule has 0 spiro atoms. The van der Waals surface area contributed by atoms with Crippen LogP contribution in [0.2, 0.25) is 0 Å². The first-order chi connectivity index (χ1) is 9.12. The Morgan fingerprint density at radius 2 is 2.16 bits per heavy atom. The van der Waals surface area contributed by atoms with E-state index in [-0.39, 0.29) is 6.61 Å². The maximum absolute atomic E-state index is 8.47. The molecule has 1 saturated heterocycles. The topological polar surface area (TPSA) is 45.0 Å². The molecule has 2 rings (SSSR count). The molecule has 1 N–H and O–H groups in total. The molecule has 1 aliphatic rings. The molecule has 0 amide bonds. The van der Waals surface area contributed by atoms with Crippen molar-refractivity contribution in [2.45, 2.75) is 26.3 Å². The number of thioether (sulfide) groups is 1. The predicted molar refractivity (Wildman–Crippen MR) is 80.7 cm³/mol. The molecule has 1 atom stereocenters. The lowest BCUT2D eigenvalue weighted by atomic mass is 9.82. The average Bonchev–Trinajstić information content (AvgIpc) is 2.40. The van der Waals surface area contributed by atoms with Crippen LogP contribution in [0.5, 0.6) is 5.75 Å². The third-order valence-electron chi connectivity index (χ3n) is 3.62. The zero-order valence-electron chi connectivity index (χ0n) is 11.5. The quantitative estimate of drug-likeness (QED) is 0.913. The van der Waals surface area contributed by atoms with Crippen molar-refractivity contribution in [3.63, 3.8) is 0 Å². The standard InChI is InChI=1S/C15H20N2OS/c1-15(2)7-10-19-11-14(15)17-12-3-5-13(6-4-12)18-9-8-16/h3-6,14,17H,7,9-11H2,1-2H3. The van der Waals surface area contributed by atoms with Crippen LogP contribution in [-0.4, -0.2) is 24.2 Å². The van der Waals surface area contributed by atoms with E-state index in [0.717, 1.165) is 17.2 Å². The SMILES string of the molecule is CC1(C)CCSCC1Nc1ccc(OCC#N)cc1. The second-order valence-corrected chi connectivity index (χ2v) is 6.63. The summed E-state index contributed by atoms with van der Waals surface area (Å²) in [6.45, 7) is 4.75. The Labute approximate surface area is 119 Å². The van der Waals surface area contributed by atoms with Crippen molar-refractivity contribution >= 4 is 17.4 Å². The maximum Gasteiger partial charge on any atom is 0.174 e. The molecule has 0 radical (unpaired) electrons.